The van der Waals surface area contributed by atoms with Gasteiger partial charge in [-0.3, -0.25) is 0 Å². The Morgan fingerprint density at radius 3 is 2.00 bits per heavy atom. The van der Waals surface area contributed by atoms with E-state index in [1.54, 1.807) is 0 Å². The SMILES string of the molecule is OC1(C2CC(F)(F)C2)CC1. The summed E-state index contributed by atoms with van der Waals surface area (Å²) in [6.45, 7) is 0. The van der Waals surface area contributed by atoms with Crippen molar-refractivity contribution >= 4 is 0 Å². The van der Waals surface area contributed by atoms with Gasteiger partial charge in [-0.05, 0) is 18.8 Å². The van der Waals surface area contributed by atoms with Crippen LogP contribution in [0.2, 0.25) is 0 Å². The molecule has 1 nitrogen and oxygen atoms in total. The summed E-state index contributed by atoms with van der Waals surface area (Å²) in [4.78, 5) is 0. The number of hydrogen-bond donors (Lipinski definition) is 1. The smallest absolute Gasteiger partial charge is 0.248 e. The predicted molar refractivity (Wildman–Crippen MR) is 31.9 cm³/mol. The standard InChI is InChI=1S/C7H10F2O/c8-7(9)3-5(4-7)6(10)1-2-6/h5,10H,1-4H2. The monoisotopic (exact) mass is 148 g/mol. The third-order valence-electron chi connectivity index (χ3n) is 2.61. The van der Waals surface area contributed by atoms with E-state index >= 15 is 0 Å². The molecule has 0 unspecified atom stereocenters. The van der Waals surface area contributed by atoms with E-state index in [9.17, 15) is 13.9 Å². The lowest BCUT2D eigenvalue weighted by atomic mass is 9.76. The van der Waals surface area contributed by atoms with Crippen LogP contribution in [0.4, 0.5) is 8.78 Å². The third-order valence-corrected chi connectivity index (χ3v) is 2.61. The minimum Gasteiger partial charge on any atom is -0.390 e. The lowest BCUT2D eigenvalue weighted by Gasteiger charge is -2.38. The third kappa shape index (κ3) is 0.839. The Morgan fingerprint density at radius 2 is 1.70 bits per heavy atom. The first kappa shape index (κ1) is 6.53. The second kappa shape index (κ2) is 1.52. The summed E-state index contributed by atoms with van der Waals surface area (Å²) in [6, 6.07) is 0. The fourth-order valence-corrected chi connectivity index (χ4v) is 1.58. The van der Waals surface area contributed by atoms with Crippen LogP contribution >= 0.6 is 0 Å². The lowest BCUT2D eigenvalue weighted by Crippen LogP contribution is -2.43. The van der Waals surface area contributed by atoms with Gasteiger partial charge in [-0.1, -0.05) is 0 Å². The molecule has 0 saturated heterocycles. The minimum atomic E-state index is -2.47. The summed E-state index contributed by atoms with van der Waals surface area (Å²) in [6.07, 6.45) is 1.27. The summed E-state index contributed by atoms with van der Waals surface area (Å²) in [5, 5.41) is 9.35. The van der Waals surface area contributed by atoms with Crippen LogP contribution in [0.1, 0.15) is 25.7 Å². The molecule has 0 heterocycles. The molecule has 0 aromatic carbocycles. The Kier molecular flexibility index (Phi) is 0.994. The van der Waals surface area contributed by atoms with Gasteiger partial charge in [-0.25, -0.2) is 8.78 Å². The molecule has 0 bridgehead atoms. The largest absolute Gasteiger partial charge is 0.390 e. The van der Waals surface area contributed by atoms with Crippen LogP contribution in [0, 0.1) is 5.92 Å². The highest BCUT2D eigenvalue weighted by Gasteiger charge is 2.59. The van der Waals surface area contributed by atoms with Crippen molar-refractivity contribution in [2.45, 2.75) is 37.2 Å². The topological polar surface area (TPSA) is 20.2 Å². The molecule has 0 spiro atoms. The van der Waals surface area contributed by atoms with Gasteiger partial charge in [0.2, 0.25) is 5.92 Å². The van der Waals surface area contributed by atoms with Crippen molar-refractivity contribution in [3.8, 4) is 0 Å². The quantitative estimate of drug-likeness (QED) is 0.598. The van der Waals surface area contributed by atoms with E-state index in [2.05, 4.69) is 0 Å². The van der Waals surface area contributed by atoms with E-state index in [4.69, 9.17) is 0 Å². The van der Waals surface area contributed by atoms with E-state index in [0.29, 0.717) is 0 Å². The van der Waals surface area contributed by atoms with Gasteiger partial charge >= 0.3 is 0 Å². The van der Waals surface area contributed by atoms with Crippen molar-refractivity contribution in [3.63, 3.8) is 0 Å². The molecule has 0 aromatic rings. The molecule has 0 aliphatic heterocycles. The molecule has 2 aliphatic carbocycles. The van der Waals surface area contributed by atoms with Gasteiger partial charge < -0.3 is 5.11 Å². The molecule has 0 aromatic heterocycles. The first-order valence-electron chi connectivity index (χ1n) is 3.62. The van der Waals surface area contributed by atoms with Crippen LogP contribution in [0.5, 0.6) is 0 Å². The molecule has 2 saturated carbocycles. The molecule has 3 heteroatoms. The average molecular weight is 148 g/mol. The van der Waals surface area contributed by atoms with Crippen LogP contribution in [0.15, 0.2) is 0 Å². The molecule has 2 rings (SSSR count). The normalized spacial score (nSPS) is 35.1. The maximum atomic E-state index is 12.2. The lowest BCUT2D eigenvalue weighted by molar-refractivity contribution is -0.148. The highest BCUT2D eigenvalue weighted by Crippen LogP contribution is 2.56. The van der Waals surface area contributed by atoms with E-state index in [-0.39, 0.29) is 18.8 Å². The molecule has 58 valence electrons. The van der Waals surface area contributed by atoms with Gasteiger partial charge in [0.25, 0.3) is 0 Å². The number of aliphatic hydroxyl groups is 1. The Labute approximate surface area is 58.0 Å². The van der Waals surface area contributed by atoms with Gasteiger partial charge in [0, 0.05) is 12.8 Å². The number of halogens is 2. The van der Waals surface area contributed by atoms with Gasteiger partial charge in [0.05, 0.1) is 5.60 Å². The predicted octanol–water partition coefficient (Wildman–Crippen LogP) is 1.56. The number of hydrogen-bond acceptors (Lipinski definition) is 1. The zero-order valence-electron chi connectivity index (χ0n) is 5.61. The van der Waals surface area contributed by atoms with Crippen molar-refractivity contribution in [2.75, 3.05) is 0 Å². The minimum absolute atomic E-state index is 0.0938. The first-order chi connectivity index (χ1) is 4.52. The van der Waals surface area contributed by atoms with Crippen LogP contribution in [0.25, 0.3) is 0 Å². The van der Waals surface area contributed by atoms with Gasteiger partial charge in [0.1, 0.15) is 0 Å². The molecule has 2 fully saturated rings. The Morgan fingerprint density at radius 1 is 1.20 bits per heavy atom. The molecule has 1 N–H and O–H groups in total. The van der Waals surface area contributed by atoms with Crippen molar-refractivity contribution in [2.24, 2.45) is 5.92 Å². The molecular weight excluding hydrogens is 138 g/mol. The summed E-state index contributed by atoms with van der Waals surface area (Å²) >= 11 is 0. The summed E-state index contributed by atoms with van der Waals surface area (Å²) < 4.78 is 24.5. The zero-order chi connectivity index (χ0) is 7.41. The van der Waals surface area contributed by atoms with E-state index in [1.165, 1.54) is 0 Å². The molecule has 10 heavy (non-hydrogen) atoms. The summed E-state index contributed by atoms with van der Waals surface area (Å²) in [7, 11) is 0. The molecule has 2 aliphatic rings. The van der Waals surface area contributed by atoms with Crippen LogP contribution in [-0.2, 0) is 0 Å². The second-order valence-electron chi connectivity index (χ2n) is 3.56. The van der Waals surface area contributed by atoms with Gasteiger partial charge in [-0.2, -0.15) is 0 Å². The maximum Gasteiger partial charge on any atom is 0.248 e. The number of rotatable bonds is 1. The van der Waals surface area contributed by atoms with Crippen molar-refractivity contribution in [1.82, 2.24) is 0 Å². The van der Waals surface area contributed by atoms with Crippen LogP contribution < -0.4 is 0 Å². The number of alkyl halides is 2. The highest BCUT2D eigenvalue weighted by molar-refractivity contribution is 5.06. The van der Waals surface area contributed by atoms with Gasteiger partial charge in [-0.15, -0.1) is 0 Å². The van der Waals surface area contributed by atoms with Crippen molar-refractivity contribution in [3.05, 3.63) is 0 Å². The molecule has 0 radical (unpaired) electrons. The molecule has 0 atom stereocenters. The Balaban J connectivity index is 1.91. The second-order valence-corrected chi connectivity index (χ2v) is 3.56. The van der Waals surface area contributed by atoms with Crippen LogP contribution in [-0.4, -0.2) is 16.6 Å². The van der Waals surface area contributed by atoms with Crippen molar-refractivity contribution < 1.29 is 13.9 Å². The Bertz CT molecular complexity index is 155. The molecule has 0 amide bonds. The first-order valence-corrected chi connectivity index (χ1v) is 3.62. The summed E-state index contributed by atoms with van der Waals surface area (Å²) in [5.74, 6) is -2.58. The zero-order valence-corrected chi connectivity index (χ0v) is 5.61. The van der Waals surface area contributed by atoms with Crippen molar-refractivity contribution in [1.29, 1.82) is 0 Å². The van der Waals surface area contributed by atoms with Crippen LogP contribution in [0.3, 0.4) is 0 Å². The fraction of sp³-hybridized carbons (Fsp3) is 1.00. The highest BCUT2D eigenvalue weighted by atomic mass is 19.3. The summed E-state index contributed by atoms with van der Waals surface area (Å²) in [5.41, 5.74) is -0.679. The van der Waals surface area contributed by atoms with E-state index in [0.717, 1.165) is 12.8 Å². The Hall–Kier alpha value is -0.180. The fourth-order valence-electron chi connectivity index (χ4n) is 1.58. The van der Waals surface area contributed by atoms with E-state index in [1.807, 2.05) is 0 Å². The molecular formula is C7H10F2O. The maximum absolute atomic E-state index is 12.2. The van der Waals surface area contributed by atoms with Gasteiger partial charge in [0.15, 0.2) is 0 Å². The van der Waals surface area contributed by atoms with E-state index < -0.39 is 11.5 Å². The average Bonchev–Trinajstić information content (AvgIpc) is 2.43.